The van der Waals surface area contributed by atoms with Crippen LogP contribution in [0, 0.1) is 0 Å². The summed E-state index contributed by atoms with van der Waals surface area (Å²) < 4.78 is 4.74. The van der Waals surface area contributed by atoms with Crippen LogP contribution in [0.5, 0.6) is 0 Å². The molecule has 0 aliphatic carbocycles. The standard InChI is InChI=1S/C14H11N3O3/c18-14(19)11-2-1-3-12-10(11)4-5-13(16-12)15-8-9-6-7-20-17-9/h1-7H,8H2,(H,15,16)(H,18,19). The molecule has 6 nitrogen and oxygen atoms in total. The van der Waals surface area contributed by atoms with E-state index in [1.165, 1.54) is 6.26 Å². The number of carboxylic acid groups (broad SMARTS) is 1. The molecular weight excluding hydrogens is 258 g/mol. The van der Waals surface area contributed by atoms with Crippen LogP contribution in [0.2, 0.25) is 0 Å². The minimum Gasteiger partial charge on any atom is -0.478 e. The fraction of sp³-hybridized carbons (Fsp3) is 0.0714. The van der Waals surface area contributed by atoms with Crippen LogP contribution in [0.3, 0.4) is 0 Å². The highest BCUT2D eigenvalue weighted by Gasteiger charge is 2.09. The highest BCUT2D eigenvalue weighted by atomic mass is 16.5. The third-order valence-corrected chi connectivity index (χ3v) is 2.90. The number of rotatable bonds is 4. The van der Waals surface area contributed by atoms with E-state index in [9.17, 15) is 4.79 Å². The first-order valence-corrected chi connectivity index (χ1v) is 6.00. The SMILES string of the molecule is O=C(O)c1cccc2nc(NCc3ccon3)ccc12. The Morgan fingerprint density at radius 2 is 2.15 bits per heavy atom. The Morgan fingerprint density at radius 3 is 2.90 bits per heavy atom. The number of nitrogens with zero attached hydrogens (tertiary/aromatic N) is 2. The van der Waals surface area contributed by atoms with E-state index in [4.69, 9.17) is 9.63 Å². The first kappa shape index (κ1) is 12.2. The van der Waals surface area contributed by atoms with Gasteiger partial charge in [-0.25, -0.2) is 9.78 Å². The summed E-state index contributed by atoms with van der Waals surface area (Å²) in [5, 5.41) is 16.6. The molecule has 1 aromatic carbocycles. The fourth-order valence-corrected chi connectivity index (χ4v) is 1.95. The first-order chi connectivity index (χ1) is 9.74. The molecule has 20 heavy (non-hydrogen) atoms. The lowest BCUT2D eigenvalue weighted by Gasteiger charge is -2.06. The lowest BCUT2D eigenvalue weighted by molar-refractivity contribution is 0.0699. The molecule has 0 radical (unpaired) electrons. The molecule has 0 saturated heterocycles. The van der Waals surface area contributed by atoms with Gasteiger partial charge in [-0.3, -0.25) is 0 Å². The number of benzene rings is 1. The van der Waals surface area contributed by atoms with E-state index in [-0.39, 0.29) is 5.56 Å². The van der Waals surface area contributed by atoms with Gasteiger partial charge in [-0.15, -0.1) is 0 Å². The summed E-state index contributed by atoms with van der Waals surface area (Å²) in [5.74, 6) is -0.302. The largest absolute Gasteiger partial charge is 0.478 e. The van der Waals surface area contributed by atoms with Crippen LogP contribution in [0.4, 0.5) is 5.82 Å². The van der Waals surface area contributed by atoms with Crippen LogP contribution in [0.15, 0.2) is 47.2 Å². The Bertz CT molecular complexity index is 753. The Morgan fingerprint density at radius 1 is 1.25 bits per heavy atom. The normalized spacial score (nSPS) is 10.6. The third kappa shape index (κ3) is 2.31. The van der Waals surface area contributed by atoms with E-state index in [1.54, 1.807) is 36.4 Å². The van der Waals surface area contributed by atoms with Crippen molar-refractivity contribution < 1.29 is 14.4 Å². The van der Waals surface area contributed by atoms with Gasteiger partial charge in [0.25, 0.3) is 0 Å². The van der Waals surface area contributed by atoms with Crippen LogP contribution in [0.25, 0.3) is 10.9 Å². The molecule has 2 heterocycles. The first-order valence-electron chi connectivity index (χ1n) is 6.00. The second-order valence-corrected chi connectivity index (χ2v) is 4.22. The maximum atomic E-state index is 11.1. The molecular formula is C14H11N3O3. The molecule has 2 aromatic heterocycles. The smallest absolute Gasteiger partial charge is 0.336 e. The average molecular weight is 269 g/mol. The Hall–Kier alpha value is -2.89. The summed E-state index contributed by atoms with van der Waals surface area (Å²) in [6.07, 6.45) is 1.50. The molecule has 3 aromatic rings. The van der Waals surface area contributed by atoms with Crippen molar-refractivity contribution in [3.8, 4) is 0 Å². The van der Waals surface area contributed by atoms with Crippen LogP contribution in [-0.2, 0) is 6.54 Å². The molecule has 0 unspecified atom stereocenters. The van der Waals surface area contributed by atoms with Crippen LogP contribution in [0.1, 0.15) is 16.1 Å². The topological polar surface area (TPSA) is 88.2 Å². The van der Waals surface area contributed by atoms with Gasteiger partial charge in [-0.1, -0.05) is 11.2 Å². The van der Waals surface area contributed by atoms with E-state index in [1.807, 2.05) is 0 Å². The minimum atomic E-state index is -0.958. The van der Waals surface area contributed by atoms with Crippen LogP contribution in [-0.4, -0.2) is 21.2 Å². The molecule has 0 bridgehead atoms. The zero-order valence-electron chi connectivity index (χ0n) is 10.4. The molecule has 0 fully saturated rings. The number of pyridine rings is 1. The van der Waals surface area contributed by atoms with E-state index in [2.05, 4.69) is 15.5 Å². The second kappa shape index (κ2) is 5.00. The maximum Gasteiger partial charge on any atom is 0.336 e. The van der Waals surface area contributed by atoms with E-state index < -0.39 is 5.97 Å². The maximum absolute atomic E-state index is 11.1. The van der Waals surface area contributed by atoms with E-state index in [0.29, 0.717) is 23.3 Å². The zero-order chi connectivity index (χ0) is 13.9. The predicted molar refractivity (Wildman–Crippen MR) is 72.5 cm³/mol. The molecule has 0 saturated carbocycles. The van der Waals surface area contributed by atoms with Gasteiger partial charge in [0.1, 0.15) is 17.8 Å². The lowest BCUT2D eigenvalue weighted by atomic mass is 10.1. The molecule has 6 heteroatoms. The number of anilines is 1. The van der Waals surface area contributed by atoms with Gasteiger partial charge in [0, 0.05) is 11.5 Å². The van der Waals surface area contributed by atoms with Gasteiger partial charge in [0.05, 0.1) is 17.6 Å². The second-order valence-electron chi connectivity index (χ2n) is 4.22. The van der Waals surface area contributed by atoms with Crippen LogP contribution >= 0.6 is 0 Å². The number of hydrogen-bond acceptors (Lipinski definition) is 5. The predicted octanol–water partition coefficient (Wildman–Crippen LogP) is 2.53. The number of carboxylic acids is 1. The van der Waals surface area contributed by atoms with Gasteiger partial charge in [0.2, 0.25) is 0 Å². The van der Waals surface area contributed by atoms with Crippen molar-refractivity contribution in [3.05, 3.63) is 53.9 Å². The molecule has 0 spiro atoms. The highest BCUT2D eigenvalue weighted by Crippen LogP contribution is 2.19. The van der Waals surface area contributed by atoms with Crippen molar-refractivity contribution in [2.75, 3.05) is 5.32 Å². The van der Waals surface area contributed by atoms with Crippen molar-refractivity contribution in [2.45, 2.75) is 6.54 Å². The summed E-state index contributed by atoms with van der Waals surface area (Å²) in [6, 6.07) is 10.3. The average Bonchev–Trinajstić information content (AvgIpc) is 2.97. The van der Waals surface area contributed by atoms with Crippen molar-refractivity contribution in [3.63, 3.8) is 0 Å². The molecule has 0 atom stereocenters. The lowest BCUT2D eigenvalue weighted by Crippen LogP contribution is -2.03. The Kier molecular flexibility index (Phi) is 3.04. The van der Waals surface area contributed by atoms with Gasteiger partial charge >= 0.3 is 5.97 Å². The quantitative estimate of drug-likeness (QED) is 0.756. The van der Waals surface area contributed by atoms with E-state index in [0.717, 1.165) is 5.69 Å². The fourth-order valence-electron chi connectivity index (χ4n) is 1.95. The number of aromatic nitrogens is 2. The Labute approximate surface area is 114 Å². The molecule has 3 rings (SSSR count). The molecule has 0 aliphatic heterocycles. The summed E-state index contributed by atoms with van der Waals surface area (Å²) >= 11 is 0. The number of nitrogens with one attached hydrogen (secondary N) is 1. The summed E-state index contributed by atoms with van der Waals surface area (Å²) in [6.45, 7) is 0.494. The molecule has 2 N–H and O–H groups in total. The highest BCUT2D eigenvalue weighted by molar-refractivity contribution is 6.02. The van der Waals surface area contributed by atoms with Gasteiger partial charge in [-0.2, -0.15) is 0 Å². The molecule has 0 amide bonds. The minimum absolute atomic E-state index is 0.248. The Balaban J connectivity index is 1.89. The summed E-state index contributed by atoms with van der Waals surface area (Å²) in [5.41, 5.74) is 1.65. The van der Waals surface area contributed by atoms with Crippen molar-refractivity contribution in [2.24, 2.45) is 0 Å². The molecule has 100 valence electrons. The van der Waals surface area contributed by atoms with Crippen LogP contribution < -0.4 is 5.32 Å². The van der Waals surface area contributed by atoms with Crippen molar-refractivity contribution >= 4 is 22.7 Å². The van der Waals surface area contributed by atoms with Crippen molar-refractivity contribution in [1.82, 2.24) is 10.1 Å². The van der Waals surface area contributed by atoms with Gasteiger partial charge < -0.3 is 14.9 Å². The summed E-state index contributed by atoms with van der Waals surface area (Å²) in [4.78, 5) is 15.5. The molecule has 0 aliphatic rings. The summed E-state index contributed by atoms with van der Waals surface area (Å²) in [7, 11) is 0. The third-order valence-electron chi connectivity index (χ3n) is 2.90. The number of carbonyl (C=O) groups is 1. The number of hydrogen-bond donors (Lipinski definition) is 2. The van der Waals surface area contributed by atoms with Gasteiger partial charge in [-0.05, 0) is 24.3 Å². The number of aromatic carboxylic acids is 1. The monoisotopic (exact) mass is 269 g/mol. The van der Waals surface area contributed by atoms with Gasteiger partial charge in [0.15, 0.2) is 0 Å². The zero-order valence-corrected chi connectivity index (χ0v) is 10.4. The van der Waals surface area contributed by atoms with Crippen molar-refractivity contribution in [1.29, 1.82) is 0 Å². The van der Waals surface area contributed by atoms with E-state index >= 15 is 0 Å². The number of fused-ring (bicyclic) bond motifs is 1.